The van der Waals surface area contributed by atoms with Crippen molar-refractivity contribution >= 4 is 0 Å². The lowest BCUT2D eigenvalue weighted by molar-refractivity contribution is -0.849. The maximum Gasteiger partial charge on any atom is 0.0675 e. The van der Waals surface area contributed by atoms with E-state index in [0.29, 0.717) is 0 Å². The molecule has 0 unspecified atom stereocenters. The third-order valence-corrected chi connectivity index (χ3v) is 0.0913. The summed E-state index contributed by atoms with van der Waals surface area (Å²) < 4.78 is 1.00. The highest BCUT2D eigenvalue weighted by Gasteiger charge is 1.88. The fourth-order valence-electron chi connectivity index (χ4n) is 0. The second-order valence-electron chi connectivity index (χ2n) is 3.11. The minimum absolute atomic E-state index is 0.236. The van der Waals surface area contributed by atoms with E-state index in [1.807, 2.05) is 0 Å². The molecule has 0 fully saturated rings. The Morgan fingerprint density at radius 1 is 1.22 bits per heavy atom. The Morgan fingerprint density at radius 2 is 1.33 bits per heavy atom. The standard InChI is InChI=1S/C4H12N.C2H5O2/c1-5(2,3)4;3-1-2-4/h1-4H3;3H,1-2H2/q+1;-1. The number of hydrogen-bond donors (Lipinski definition) is 1. The lowest BCUT2D eigenvalue weighted by Gasteiger charge is -2.14. The van der Waals surface area contributed by atoms with Crippen LogP contribution in [0.5, 0.6) is 0 Å². The fraction of sp³-hybridized carbons (Fsp3) is 1.00. The molecule has 0 aliphatic rings. The minimum atomic E-state index is -0.375. The smallest absolute Gasteiger partial charge is 0.0675 e. The molecule has 0 aliphatic heterocycles. The van der Waals surface area contributed by atoms with Gasteiger partial charge in [0.25, 0.3) is 0 Å². The van der Waals surface area contributed by atoms with E-state index >= 15 is 0 Å². The van der Waals surface area contributed by atoms with Crippen LogP contribution >= 0.6 is 0 Å². The topological polar surface area (TPSA) is 43.3 Å². The molecule has 0 amide bonds. The average molecular weight is 135 g/mol. The largest absolute Gasteiger partial charge is 0.853 e. The molecule has 3 nitrogen and oxygen atoms in total. The Hall–Kier alpha value is -0.120. The van der Waals surface area contributed by atoms with Crippen molar-refractivity contribution in [2.75, 3.05) is 41.4 Å². The summed E-state index contributed by atoms with van der Waals surface area (Å²) in [6.07, 6.45) is 0. The molecular weight excluding hydrogens is 118 g/mol. The highest BCUT2D eigenvalue weighted by atomic mass is 16.3. The van der Waals surface area contributed by atoms with Gasteiger partial charge in [0.2, 0.25) is 0 Å². The predicted octanol–water partition coefficient (Wildman–Crippen LogP) is -1.34. The molecule has 0 aromatic heterocycles. The van der Waals surface area contributed by atoms with Crippen molar-refractivity contribution < 1.29 is 14.7 Å². The van der Waals surface area contributed by atoms with Crippen LogP contribution in [0, 0.1) is 0 Å². The van der Waals surface area contributed by atoms with Crippen molar-refractivity contribution in [2.45, 2.75) is 0 Å². The number of nitrogens with zero attached hydrogens (tertiary/aromatic N) is 1. The number of aliphatic hydroxyl groups is 1. The Bertz CT molecular complexity index is 41.5. The summed E-state index contributed by atoms with van der Waals surface area (Å²) in [7, 11) is 8.50. The molecular formula is C6H17NO2. The fourth-order valence-corrected chi connectivity index (χ4v) is 0. The predicted molar refractivity (Wildman–Crippen MR) is 35.9 cm³/mol. The Labute approximate surface area is 57.1 Å². The SMILES string of the molecule is C[N+](C)(C)C.[O-]CCO. The molecule has 0 spiro atoms. The van der Waals surface area contributed by atoms with Crippen LogP contribution in [-0.2, 0) is 0 Å². The van der Waals surface area contributed by atoms with Gasteiger partial charge in [-0.3, -0.25) is 0 Å². The van der Waals surface area contributed by atoms with E-state index in [-0.39, 0.29) is 13.2 Å². The van der Waals surface area contributed by atoms with Crippen LogP contribution < -0.4 is 5.11 Å². The van der Waals surface area contributed by atoms with Crippen molar-refractivity contribution in [2.24, 2.45) is 0 Å². The quantitative estimate of drug-likeness (QED) is 0.452. The van der Waals surface area contributed by atoms with Gasteiger partial charge in [-0.05, 0) is 0 Å². The number of quaternary nitrogens is 1. The van der Waals surface area contributed by atoms with Gasteiger partial charge in [0, 0.05) is 6.61 Å². The van der Waals surface area contributed by atoms with E-state index in [0.717, 1.165) is 4.48 Å². The Balaban J connectivity index is 0. The summed E-state index contributed by atoms with van der Waals surface area (Å²) in [6.45, 7) is -0.611. The number of rotatable bonds is 1. The van der Waals surface area contributed by atoms with Crippen LogP contribution in [0.4, 0.5) is 0 Å². The van der Waals surface area contributed by atoms with E-state index < -0.39 is 0 Å². The van der Waals surface area contributed by atoms with Gasteiger partial charge in [0.05, 0.1) is 28.2 Å². The first-order valence-corrected chi connectivity index (χ1v) is 2.89. The lowest BCUT2D eigenvalue weighted by atomic mass is 10.8. The summed E-state index contributed by atoms with van der Waals surface area (Å²) in [5.41, 5.74) is 0. The molecule has 3 heteroatoms. The van der Waals surface area contributed by atoms with Gasteiger partial charge in [-0.15, -0.1) is 6.61 Å². The van der Waals surface area contributed by atoms with Gasteiger partial charge >= 0.3 is 0 Å². The van der Waals surface area contributed by atoms with E-state index in [1.54, 1.807) is 0 Å². The van der Waals surface area contributed by atoms with Crippen molar-refractivity contribution in [3.8, 4) is 0 Å². The lowest BCUT2D eigenvalue weighted by Crippen LogP contribution is -2.27. The maximum absolute atomic E-state index is 9.05. The summed E-state index contributed by atoms with van der Waals surface area (Å²) in [5.74, 6) is 0. The van der Waals surface area contributed by atoms with E-state index in [1.165, 1.54) is 0 Å². The van der Waals surface area contributed by atoms with E-state index in [9.17, 15) is 0 Å². The summed E-state index contributed by atoms with van der Waals surface area (Å²) in [6, 6.07) is 0. The first-order valence-electron chi connectivity index (χ1n) is 2.89. The van der Waals surface area contributed by atoms with Crippen molar-refractivity contribution in [3.05, 3.63) is 0 Å². The molecule has 0 radical (unpaired) electrons. The van der Waals surface area contributed by atoms with Crippen molar-refractivity contribution in [1.82, 2.24) is 0 Å². The Kier molecular flexibility index (Phi) is 7.77. The second-order valence-corrected chi connectivity index (χ2v) is 3.11. The first kappa shape index (κ1) is 11.6. The van der Waals surface area contributed by atoms with Crippen molar-refractivity contribution in [1.29, 1.82) is 0 Å². The molecule has 9 heavy (non-hydrogen) atoms. The van der Waals surface area contributed by atoms with Gasteiger partial charge in [0.1, 0.15) is 0 Å². The van der Waals surface area contributed by atoms with Gasteiger partial charge < -0.3 is 14.7 Å². The second kappa shape index (κ2) is 6.01. The van der Waals surface area contributed by atoms with Gasteiger partial charge in [-0.25, -0.2) is 0 Å². The number of aliphatic hydroxyl groups excluding tert-OH is 1. The van der Waals surface area contributed by atoms with Gasteiger partial charge in [-0.2, -0.15) is 0 Å². The third kappa shape index (κ3) is 352. The van der Waals surface area contributed by atoms with Gasteiger partial charge in [0.15, 0.2) is 0 Å². The van der Waals surface area contributed by atoms with Crippen molar-refractivity contribution in [3.63, 3.8) is 0 Å². The molecule has 0 saturated carbocycles. The third-order valence-electron chi connectivity index (χ3n) is 0.0913. The van der Waals surface area contributed by atoms with E-state index in [2.05, 4.69) is 28.2 Å². The highest BCUT2D eigenvalue weighted by Crippen LogP contribution is 1.73. The molecule has 1 N–H and O–H groups in total. The zero-order chi connectivity index (χ0) is 7.91. The average Bonchev–Trinajstić information content (AvgIpc) is 1.61. The molecule has 0 saturated heterocycles. The van der Waals surface area contributed by atoms with Crippen LogP contribution in [0.3, 0.4) is 0 Å². The summed E-state index contributed by atoms with van der Waals surface area (Å²) in [5, 5.41) is 16.6. The highest BCUT2D eigenvalue weighted by molar-refractivity contribution is 4.03. The zero-order valence-electron chi connectivity index (χ0n) is 6.72. The van der Waals surface area contributed by atoms with E-state index in [4.69, 9.17) is 10.2 Å². The zero-order valence-corrected chi connectivity index (χ0v) is 6.72. The summed E-state index contributed by atoms with van der Waals surface area (Å²) >= 11 is 0. The Morgan fingerprint density at radius 3 is 1.33 bits per heavy atom. The molecule has 0 bridgehead atoms. The molecule has 0 rings (SSSR count). The van der Waals surface area contributed by atoms with Crippen LogP contribution in [0.1, 0.15) is 0 Å². The van der Waals surface area contributed by atoms with Crippen LogP contribution in [0.25, 0.3) is 0 Å². The molecule has 58 valence electrons. The number of hydrogen-bond acceptors (Lipinski definition) is 2. The first-order chi connectivity index (χ1) is 3.91. The molecule has 0 aromatic rings. The van der Waals surface area contributed by atoms with Crippen LogP contribution in [0.2, 0.25) is 0 Å². The van der Waals surface area contributed by atoms with Crippen LogP contribution in [-0.4, -0.2) is 51.0 Å². The van der Waals surface area contributed by atoms with Crippen LogP contribution in [0.15, 0.2) is 0 Å². The molecule has 0 heterocycles. The minimum Gasteiger partial charge on any atom is -0.853 e. The van der Waals surface area contributed by atoms with Gasteiger partial charge in [-0.1, -0.05) is 0 Å². The molecule has 0 atom stereocenters. The molecule has 0 aromatic carbocycles. The molecule has 0 aliphatic carbocycles. The maximum atomic E-state index is 9.05. The summed E-state index contributed by atoms with van der Waals surface area (Å²) in [4.78, 5) is 0. The normalized spacial score (nSPS) is 10.0. The monoisotopic (exact) mass is 135 g/mol.